The highest BCUT2D eigenvalue weighted by molar-refractivity contribution is 5.94. The Morgan fingerprint density at radius 3 is 2.85 bits per heavy atom. The van der Waals surface area contributed by atoms with Crippen molar-refractivity contribution in [2.75, 3.05) is 0 Å². The Balaban J connectivity index is 1.36. The number of aromatic nitrogens is 4. The molecule has 1 aromatic carbocycles. The van der Waals surface area contributed by atoms with Gasteiger partial charge in [-0.1, -0.05) is 22.9 Å². The molecule has 1 amide bonds. The van der Waals surface area contributed by atoms with E-state index in [0.29, 0.717) is 17.5 Å². The van der Waals surface area contributed by atoms with E-state index in [1.54, 1.807) is 0 Å². The summed E-state index contributed by atoms with van der Waals surface area (Å²) < 4.78 is 7.14. The Hall–Kier alpha value is -2.96. The average molecular weight is 363 g/mol. The number of aryl methyl sites for hydroxylation is 1. The summed E-state index contributed by atoms with van der Waals surface area (Å²) in [5.74, 6) is 1.44. The normalized spacial score (nSPS) is 15.7. The molecule has 0 bridgehead atoms. The van der Waals surface area contributed by atoms with Gasteiger partial charge in [0, 0.05) is 17.2 Å². The Labute approximate surface area is 156 Å². The molecule has 7 heteroatoms. The summed E-state index contributed by atoms with van der Waals surface area (Å²) in [5, 5.41) is 11.5. The van der Waals surface area contributed by atoms with Crippen molar-refractivity contribution in [1.29, 1.82) is 0 Å². The summed E-state index contributed by atoms with van der Waals surface area (Å²) in [4.78, 5) is 17.1. The van der Waals surface area contributed by atoms with Gasteiger partial charge in [0.05, 0.1) is 12.2 Å². The van der Waals surface area contributed by atoms with Gasteiger partial charge in [-0.15, -0.1) is 0 Å². The minimum atomic E-state index is -0.190. The van der Waals surface area contributed by atoms with Crippen LogP contribution in [0.5, 0.6) is 0 Å². The number of hydrogen-bond acceptors (Lipinski definition) is 5. The van der Waals surface area contributed by atoms with Crippen molar-refractivity contribution < 1.29 is 9.32 Å². The van der Waals surface area contributed by atoms with Gasteiger partial charge >= 0.3 is 0 Å². The Bertz CT molecular complexity index is 998. The van der Waals surface area contributed by atoms with E-state index in [-0.39, 0.29) is 12.5 Å². The van der Waals surface area contributed by atoms with Crippen molar-refractivity contribution in [2.24, 2.45) is 0 Å². The first-order valence-corrected chi connectivity index (χ1v) is 9.47. The number of fused-ring (bicyclic) bond motifs is 1. The van der Waals surface area contributed by atoms with Crippen molar-refractivity contribution in [3.05, 3.63) is 58.5 Å². The fraction of sp³-hybridized carbons (Fsp3) is 0.400. The molecule has 1 N–H and O–H groups in total. The molecule has 138 valence electrons. The number of carbonyl (C=O) groups excluding carboxylic acids is 1. The van der Waals surface area contributed by atoms with E-state index in [4.69, 9.17) is 4.52 Å². The Kier molecular flexibility index (Phi) is 3.81. The van der Waals surface area contributed by atoms with Gasteiger partial charge in [-0.2, -0.15) is 10.1 Å². The second-order valence-electron chi connectivity index (χ2n) is 7.38. The molecule has 1 saturated carbocycles. The zero-order valence-corrected chi connectivity index (χ0v) is 15.2. The van der Waals surface area contributed by atoms with Crippen LogP contribution in [0.4, 0.5) is 0 Å². The number of carbonyl (C=O) groups is 1. The fourth-order valence-electron chi connectivity index (χ4n) is 3.61. The third-order valence-corrected chi connectivity index (χ3v) is 5.25. The third kappa shape index (κ3) is 3.03. The van der Waals surface area contributed by atoms with Gasteiger partial charge in [-0.3, -0.25) is 4.79 Å². The highest BCUT2D eigenvalue weighted by Crippen LogP contribution is 2.38. The van der Waals surface area contributed by atoms with Crippen molar-refractivity contribution in [3.8, 4) is 5.69 Å². The molecule has 1 fully saturated rings. The molecule has 0 radical (unpaired) electrons. The van der Waals surface area contributed by atoms with Crippen LogP contribution in [0.2, 0.25) is 0 Å². The van der Waals surface area contributed by atoms with E-state index < -0.39 is 0 Å². The molecule has 0 unspecified atom stereocenters. The van der Waals surface area contributed by atoms with Gasteiger partial charge < -0.3 is 9.84 Å². The van der Waals surface area contributed by atoms with E-state index in [1.165, 1.54) is 5.56 Å². The lowest BCUT2D eigenvalue weighted by Crippen LogP contribution is -2.24. The lowest BCUT2D eigenvalue weighted by molar-refractivity contribution is 0.0940. The molecule has 0 aliphatic heterocycles. The fourth-order valence-corrected chi connectivity index (χ4v) is 3.61. The van der Waals surface area contributed by atoms with Crippen LogP contribution in [-0.4, -0.2) is 25.8 Å². The number of nitrogens with zero attached hydrogens (tertiary/aromatic N) is 4. The van der Waals surface area contributed by atoms with Gasteiger partial charge in [0.25, 0.3) is 5.91 Å². The third-order valence-electron chi connectivity index (χ3n) is 5.25. The zero-order chi connectivity index (χ0) is 18.4. The van der Waals surface area contributed by atoms with Crippen LogP contribution >= 0.6 is 0 Å². The number of amides is 1. The molecule has 7 nitrogen and oxygen atoms in total. The minimum Gasteiger partial charge on any atom is -0.342 e. The van der Waals surface area contributed by atoms with Crippen molar-refractivity contribution in [1.82, 2.24) is 25.2 Å². The molecule has 2 aliphatic carbocycles. The first-order valence-electron chi connectivity index (χ1n) is 9.47. The molecule has 2 aromatic heterocycles. The highest BCUT2D eigenvalue weighted by atomic mass is 16.5. The maximum Gasteiger partial charge on any atom is 0.272 e. The SMILES string of the molecule is Cc1ccc(-n2nc(C(=O)NCc3nc(C4CC4)no3)c3c2CCC3)cc1. The molecule has 27 heavy (non-hydrogen) atoms. The smallest absolute Gasteiger partial charge is 0.272 e. The topological polar surface area (TPSA) is 85.8 Å². The molecule has 2 heterocycles. The predicted octanol–water partition coefficient (Wildman–Crippen LogP) is 2.86. The maximum atomic E-state index is 12.8. The Morgan fingerprint density at radius 2 is 2.07 bits per heavy atom. The first kappa shape index (κ1) is 16.2. The molecule has 5 rings (SSSR count). The van der Waals surface area contributed by atoms with Crippen molar-refractivity contribution in [2.45, 2.75) is 51.5 Å². The predicted molar refractivity (Wildman–Crippen MR) is 97.8 cm³/mol. The monoisotopic (exact) mass is 363 g/mol. The van der Waals surface area contributed by atoms with Gasteiger partial charge in [-0.25, -0.2) is 4.68 Å². The van der Waals surface area contributed by atoms with Crippen LogP contribution in [0.1, 0.15) is 64.2 Å². The van der Waals surface area contributed by atoms with Crippen LogP contribution in [0, 0.1) is 6.92 Å². The van der Waals surface area contributed by atoms with Crippen LogP contribution in [0.15, 0.2) is 28.8 Å². The van der Waals surface area contributed by atoms with Crippen LogP contribution in [0.25, 0.3) is 5.69 Å². The average Bonchev–Trinajstić information content (AvgIpc) is 3.08. The highest BCUT2D eigenvalue weighted by Gasteiger charge is 2.29. The van der Waals surface area contributed by atoms with Gasteiger partial charge in [0.1, 0.15) is 0 Å². The molecule has 3 aromatic rings. The molecule has 0 saturated heterocycles. The quantitative estimate of drug-likeness (QED) is 0.753. The maximum absolute atomic E-state index is 12.8. The largest absolute Gasteiger partial charge is 0.342 e. The van der Waals surface area contributed by atoms with Crippen molar-refractivity contribution >= 4 is 5.91 Å². The summed E-state index contributed by atoms with van der Waals surface area (Å²) in [6.45, 7) is 2.28. The zero-order valence-electron chi connectivity index (χ0n) is 15.2. The summed E-state index contributed by atoms with van der Waals surface area (Å²) in [6.07, 6.45) is 5.11. The standard InChI is InChI=1S/C20H21N5O2/c1-12-5-9-14(10-6-12)25-16-4-2-3-15(16)18(23-25)20(26)21-11-17-22-19(24-27-17)13-7-8-13/h5-6,9-10,13H,2-4,7-8,11H2,1H3,(H,21,26). The molecular weight excluding hydrogens is 342 g/mol. The second-order valence-corrected chi connectivity index (χ2v) is 7.38. The van der Waals surface area contributed by atoms with E-state index in [9.17, 15) is 4.79 Å². The number of rotatable bonds is 5. The van der Waals surface area contributed by atoms with Crippen LogP contribution in [0.3, 0.4) is 0 Å². The molecule has 2 aliphatic rings. The second kappa shape index (κ2) is 6.33. The molecule has 0 atom stereocenters. The summed E-state index contributed by atoms with van der Waals surface area (Å²) >= 11 is 0. The first-order chi connectivity index (χ1) is 13.2. The summed E-state index contributed by atoms with van der Waals surface area (Å²) in [5.41, 5.74) is 4.88. The lowest BCUT2D eigenvalue weighted by atomic mass is 10.2. The van der Waals surface area contributed by atoms with E-state index in [2.05, 4.69) is 39.6 Å². The number of benzene rings is 1. The lowest BCUT2D eigenvalue weighted by Gasteiger charge is -2.05. The van der Waals surface area contributed by atoms with Crippen molar-refractivity contribution in [3.63, 3.8) is 0 Å². The Morgan fingerprint density at radius 1 is 1.26 bits per heavy atom. The summed E-state index contributed by atoms with van der Waals surface area (Å²) in [6, 6.07) is 8.21. The van der Waals surface area contributed by atoms with E-state index in [0.717, 1.165) is 54.9 Å². The molecular formula is C20H21N5O2. The van der Waals surface area contributed by atoms with Crippen LogP contribution in [-0.2, 0) is 19.4 Å². The van der Waals surface area contributed by atoms with Gasteiger partial charge in [0.15, 0.2) is 11.5 Å². The van der Waals surface area contributed by atoms with E-state index in [1.807, 2.05) is 16.8 Å². The minimum absolute atomic E-state index is 0.190. The number of nitrogens with one attached hydrogen (secondary N) is 1. The van der Waals surface area contributed by atoms with Gasteiger partial charge in [0.2, 0.25) is 5.89 Å². The van der Waals surface area contributed by atoms with Crippen LogP contribution < -0.4 is 5.32 Å². The summed E-state index contributed by atoms with van der Waals surface area (Å²) in [7, 11) is 0. The van der Waals surface area contributed by atoms with E-state index >= 15 is 0 Å². The molecule has 0 spiro atoms. The van der Waals surface area contributed by atoms with Gasteiger partial charge in [-0.05, 0) is 51.2 Å². The number of hydrogen-bond donors (Lipinski definition) is 1.